The van der Waals surface area contributed by atoms with Gasteiger partial charge in [-0.3, -0.25) is 9.59 Å². The molecule has 0 saturated carbocycles. The van der Waals surface area contributed by atoms with E-state index in [4.69, 9.17) is 0 Å². The van der Waals surface area contributed by atoms with E-state index in [0.29, 0.717) is 59.6 Å². The van der Waals surface area contributed by atoms with E-state index in [1.807, 2.05) is 4.90 Å². The lowest BCUT2D eigenvalue weighted by molar-refractivity contribution is -0.136. The van der Waals surface area contributed by atoms with Gasteiger partial charge >= 0.3 is 6.18 Å². The van der Waals surface area contributed by atoms with Crippen LogP contribution >= 0.6 is 11.3 Å². The number of thiazole rings is 1. The van der Waals surface area contributed by atoms with Crippen molar-refractivity contribution in [3.63, 3.8) is 0 Å². The predicted octanol–water partition coefficient (Wildman–Crippen LogP) is 4.07. The Labute approximate surface area is 198 Å². The van der Waals surface area contributed by atoms with Crippen LogP contribution in [0.25, 0.3) is 11.0 Å². The van der Waals surface area contributed by atoms with Crippen LogP contribution in [-0.4, -0.2) is 68.5 Å². The average Bonchev–Trinajstić information content (AvgIpc) is 3.46. The normalized spacial score (nSPS) is 17.9. The Morgan fingerprint density at radius 2 is 1.79 bits per heavy atom. The third kappa shape index (κ3) is 4.66. The van der Waals surface area contributed by atoms with Crippen molar-refractivity contribution < 1.29 is 22.8 Å². The molecule has 2 saturated heterocycles. The molecule has 180 valence electrons. The number of alkyl halides is 3. The van der Waals surface area contributed by atoms with Crippen LogP contribution in [0, 0.1) is 11.8 Å². The number of imidazole rings is 1. The summed E-state index contributed by atoms with van der Waals surface area (Å²) >= 11 is 1.36. The number of likely N-dealkylation sites (tertiary alicyclic amines) is 2. The highest BCUT2D eigenvalue weighted by atomic mass is 32.1. The largest absolute Gasteiger partial charge is 0.390 e. The molecule has 0 unspecified atom stereocenters. The molecule has 2 aliphatic rings. The average molecular weight is 492 g/mol. The zero-order valence-corrected chi connectivity index (χ0v) is 19.2. The van der Waals surface area contributed by atoms with Crippen molar-refractivity contribution in [2.24, 2.45) is 11.8 Å². The molecule has 0 spiro atoms. The third-order valence-electron chi connectivity index (χ3n) is 6.81. The van der Waals surface area contributed by atoms with E-state index in [2.05, 4.69) is 9.97 Å². The van der Waals surface area contributed by atoms with Gasteiger partial charge in [0.05, 0.1) is 23.8 Å². The fourth-order valence-corrected chi connectivity index (χ4v) is 5.42. The lowest BCUT2D eigenvalue weighted by Gasteiger charge is -2.46. The molecule has 7 nitrogen and oxygen atoms in total. The van der Waals surface area contributed by atoms with Gasteiger partial charge in [0.25, 0.3) is 11.8 Å². The van der Waals surface area contributed by atoms with Crippen LogP contribution in [0.4, 0.5) is 13.2 Å². The lowest BCUT2D eigenvalue weighted by atomic mass is 9.79. The number of aryl methyl sites for hydroxylation is 1. The molecular weight excluding hydrogens is 467 g/mol. The minimum absolute atomic E-state index is 0.00453. The van der Waals surface area contributed by atoms with Gasteiger partial charge in [0.15, 0.2) is 5.01 Å². The van der Waals surface area contributed by atoms with Crippen LogP contribution in [0.5, 0.6) is 0 Å². The van der Waals surface area contributed by atoms with Crippen LogP contribution in [0.2, 0.25) is 0 Å². The van der Waals surface area contributed by atoms with Gasteiger partial charge in [-0.2, -0.15) is 13.2 Å². The van der Waals surface area contributed by atoms with Crippen LogP contribution < -0.4 is 0 Å². The second-order valence-corrected chi connectivity index (χ2v) is 9.84. The van der Waals surface area contributed by atoms with Gasteiger partial charge in [0.2, 0.25) is 0 Å². The molecule has 0 atom stereocenters. The molecule has 34 heavy (non-hydrogen) atoms. The minimum Gasteiger partial charge on any atom is -0.338 e. The number of halogens is 3. The molecule has 2 aromatic heterocycles. The van der Waals surface area contributed by atoms with E-state index in [1.165, 1.54) is 22.2 Å². The van der Waals surface area contributed by atoms with Crippen LogP contribution in [0.15, 0.2) is 36.1 Å². The SMILES string of the molecule is O=C(c1ccc2c(c1)ncn2CCC(F)(F)F)N1CC(C2CCN(C(=O)c3nccs3)CC2)C1. The van der Waals surface area contributed by atoms with Gasteiger partial charge in [-0.25, -0.2) is 9.97 Å². The van der Waals surface area contributed by atoms with Gasteiger partial charge in [-0.05, 0) is 42.9 Å². The van der Waals surface area contributed by atoms with Crippen molar-refractivity contribution in [3.05, 3.63) is 46.7 Å². The van der Waals surface area contributed by atoms with Gasteiger partial charge in [-0.15, -0.1) is 11.3 Å². The van der Waals surface area contributed by atoms with Gasteiger partial charge in [0.1, 0.15) is 0 Å². The number of amides is 2. The first-order valence-electron chi connectivity index (χ1n) is 11.3. The molecule has 4 heterocycles. The standard InChI is InChI=1S/C23H24F3N5O2S/c24-23(25,26)5-9-30-14-28-18-11-16(1-2-19(18)30)21(32)31-12-17(13-31)15-3-7-29(8-4-15)22(33)20-27-6-10-34-20/h1-2,6,10-11,14-15,17H,3-5,7-9,12-13H2. The van der Waals surface area contributed by atoms with Crippen molar-refractivity contribution in [2.45, 2.75) is 32.0 Å². The van der Waals surface area contributed by atoms with Crippen molar-refractivity contribution in [3.8, 4) is 0 Å². The molecule has 0 N–H and O–H groups in total. The smallest absolute Gasteiger partial charge is 0.338 e. The van der Waals surface area contributed by atoms with Crippen LogP contribution in [0.1, 0.15) is 39.4 Å². The van der Waals surface area contributed by atoms with E-state index in [1.54, 1.807) is 34.7 Å². The number of carbonyl (C=O) groups excluding carboxylic acids is 2. The Hall–Kier alpha value is -2.95. The first kappa shape index (κ1) is 22.8. The fourth-order valence-electron chi connectivity index (χ4n) is 4.82. The van der Waals surface area contributed by atoms with E-state index < -0.39 is 12.6 Å². The number of nitrogens with zero attached hydrogens (tertiary/aromatic N) is 5. The number of piperidine rings is 1. The first-order valence-corrected chi connectivity index (χ1v) is 12.2. The maximum absolute atomic E-state index is 12.9. The quantitative estimate of drug-likeness (QED) is 0.540. The van der Waals surface area contributed by atoms with Gasteiger partial charge < -0.3 is 14.4 Å². The molecule has 2 aliphatic heterocycles. The summed E-state index contributed by atoms with van der Waals surface area (Å²) in [5.41, 5.74) is 1.60. The number of fused-ring (bicyclic) bond motifs is 1. The topological polar surface area (TPSA) is 71.3 Å². The molecule has 1 aromatic carbocycles. The van der Waals surface area contributed by atoms with Crippen LogP contribution in [0.3, 0.4) is 0 Å². The highest BCUT2D eigenvalue weighted by molar-refractivity contribution is 7.11. The fraction of sp³-hybridized carbons (Fsp3) is 0.478. The molecular formula is C23H24F3N5O2S. The molecule has 3 aromatic rings. The number of carbonyl (C=O) groups is 2. The maximum atomic E-state index is 12.9. The molecule has 0 radical (unpaired) electrons. The summed E-state index contributed by atoms with van der Waals surface area (Å²) in [6, 6.07) is 4.97. The summed E-state index contributed by atoms with van der Waals surface area (Å²) in [7, 11) is 0. The Balaban J connectivity index is 1.14. The predicted molar refractivity (Wildman–Crippen MR) is 121 cm³/mol. The molecule has 2 amide bonds. The maximum Gasteiger partial charge on any atom is 0.390 e. The second-order valence-electron chi connectivity index (χ2n) is 8.94. The highest BCUT2D eigenvalue weighted by Crippen LogP contribution is 2.33. The van der Waals surface area contributed by atoms with Crippen LogP contribution in [-0.2, 0) is 6.54 Å². The summed E-state index contributed by atoms with van der Waals surface area (Å²) in [6.07, 6.45) is -0.283. The van der Waals surface area contributed by atoms with Crippen molar-refractivity contribution in [2.75, 3.05) is 26.2 Å². The van der Waals surface area contributed by atoms with E-state index in [0.717, 1.165) is 12.8 Å². The molecule has 0 bridgehead atoms. The van der Waals surface area contributed by atoms with Crippen molar-refractivity contribution in [1.82, 2.24) is 24.3 Å². The molecule has 2 fully saturated rings. The summed E-state index contributed by atoms with van der Waals surface area (Å²) < 4.78 is 39.0. The van der Waals surface area contributed by atoms with Gasteiger partial charge in [0, 0.05) is 49.9 Å². The second kappa shape index (κ2) is 9.01. The summed E-state index contributed by atoms with van der Waals surface area (Å²) in [6.45, 7) is 2.59. The van der Waals surface area contributed by atoms with Crippen molar-refractivity contribution >= 4 is 34.2 Å². The number of hydrogen-bond acceptors (Lipinski definition) is 5. The van der Waals surface area contributed by atoms with Crippen molar-refractivity contribution in [1.29, 1.82) is 0 Å². The number of rotatable bonds is 5. The molecule has 0 aliphatic carbocycles. The highest BCUT2D eigenvalue weighted by Gasteiger charge is 2.38. The number of benzene rings is 1. The zero-order chi connectivity index (χ0) is 23.9. The zero-order valence-electron chi connectivity index (χ0n) is 18.4. The molecule has 5 rings (SSSR count). The Morgan fingerprint density at radius 3 is 2.47 bits per heavy atom. The van der Waals surface area contributed by atoms with E-state index in [-0.39, 0.29) is 18.4 Å². The number of aromatic nitrogens is 3. The first-order chi connectivity index (χ1) is 16.3. The Morgan fingerprint density at radius 1 is 1.03 bits per heavy atom. The van der Waals surface area contributed by atoms with E-state index >= 15 is 0 Å². The summed E-state index contributed by atoms with van der Waals surface area (Å²) in [4.78, 5) is 37.3. The third-order valence-corrected chi connectivity index (χ3v) is 7.57. The molecule has 11 heteroatoms. The monoisotopic (exact) mass is 491 g/mol. The summed E-state index contributed by atoms with van der Waals surface area (Å²) in [5, 5.41) is 2.33. The lowest BCUT2D eigenvalue weighted by Crippen LogP contribution is -2.54. The number of hydrogen-bond donors (Lipinski definition) is 0. The minimum atomic E-state index is -4.23. The van der Waals surface area contributed by atoms with Gasteiger partial charge in [-0.1, -0.05) is 0 Å². The summed E-state index contributed by atoms with van der Waals surface area (Å²) in [5.74, 6) is 0.817. The van der Waals surface area contributed by atoms with E-state index in [9.17, 15) is 22.8 Å². The Kier molecular flexibility index (Phi) is 6.05. The Bertz CT molecular complexity index is 1180.